The molecule has 0 bridgehead atoms. The molecule has 0 spiro atoms. The van der Waals surface area contributed by atoms with Gasteiger partial charge < -0.3 is 25.7 Å². The Bertz CT molecular complexity index is 1680. The summed E-state index contributed by atoms with van der Waals surface area (Å²) in [5, 5.41) is 25.7. The van der Waals surface area contributed by atoms with Crippen molar-refractivity contribution in [2.45, 2.75) is 6.10 Å². The van der Waals surface area contributed by atoms with Gasteiger partial charge in [0.1, 0.15) is 11.4 Å². The summed E-state index contributed by atoms with van der Waals surface area (Å²) >= 11 is 0. The predicted octanol–water partition coefficient (Wildman–Crippen LogP) is 4.19. The number of amides is 1. The number of imidazole rings is 1. The minimum absolute atomic E-state index is 0.184. The fraction of sp³-hybridized carbons (Fsp3) is 0.0714. The number of anilines is 2. The third kappa shape index (κ3) is 4.96. The lowest BCUT2D eigenvalue weighted by atomic mass is 10.1. The van der Waals surface area contributed by atoms with E-state index in [9.17, 15) is 14.7 Å². The van der Waals surface area contributed by atoms with E-state index in [0.29, 0.717) is 39.4 Å². The molecule has 0 aliphatic rings. The van der Waals surface area contributed by atoms with Crippen LogP contribution >= 0.6 is 0 Å². The molecular weight excluding hydrogens is 468 g/mol. The second-order valence-electron chi connectivity index (χ2n) is 8.33. The molecule has 0 saturated heterocycles. The van der Waals surface area contributed by atoms with Crippen molar-refractivity contribution in [1.29, 1.82) is 5.26 Å². The van der Waals surface area contributed by atoms with Crippen LogP contribution in [-0.2, 0) is 0 Å². The van der Waals surface area contributed by atoms with Crippen LogP contribution < -0.4 is 16.2 Å². The number of rotatable bonds is 7. The van der Waals surface area contributed by atoms with Crippen LogP contribution in [0.1, 0.15) is 27.6 Å². The van der Waals surface area contributed by atoms with Gasteiger partial charge in [-0.15, -0.1) is 0 Å². The standard InChI is InChI=1S/C28H22N6O3/c29-15-17-6-4-9-19(14-17)27(36)33-22-11-5-10-21-25(22)34-26(32-21)24-20(12-13-30-28(24)37)31-16-23(35)18-7-2-1-3-8-18/h1-14,23,35H,16H2,(H,32,34)(H,33,36)(H2,30,31,37)/t23-/m1/s1. The molecule has 5 N–H and O–H groups in total. The highest BCUT2D eigenvalue weighted by Crippen LogP contribution is 2.28. The van der Waals surface area contributed by atoms with Crippen molar-refractivity contribution in [1.82, 2.24) is 15.0 Å². The van der Waals surface area contributed by atoms with E-state index >= 15 is 0 Å². The number of nitrogens with one attached hydrogen (secondary N) is 4. The molecule has 0 radical (unpaired) electrons. The first kappa shape index (κ1) is 23.5. The average Bonchev–Trinajstić information content (AvgIpc) is 3.37. The van der Waals surface area contributed by atoms with E-state index in [2.05, 4.69) is 25.6 Å². The van der Waals surface area contributed by atoms with Gasteiger partial charge in [0, 0.05) is 18.3 Å². The Kier molecular flexibility index (Phi) is 6.48. The van der Waals surface area contributed by atoms with Gasteiger partial charge in [0.15, 0.2) is 0 Å². The molecule has 5 rings (SSSR count). The number of hydrogen-bond acceptors (Lipinski definition) is 6. The minimum atomic E-state index is -0.773. The molecule has 1 amide bonds. The molecule has 37 heavy (non-hydrogen) atoms. The Labute approximate surface area is 211 Å². The molecule has 0 saturated carbocycles. The van der Waals surface area contributed by atoms with E-state index in [1.165, 1.54) is 12.3 Å². The fourth-order valence-corrected chi connectivity index (χ4v) is 4.04. The third-order valence-corrected chi connectivity index (χ3v) is 5.89. The number of carbonyl (C=O) groups is 1. The quantitative estimate of drug-likeness (QED) is 0.231. The monoisotopic (exact) mass is 490 g/mol. The van der Waals surface area contributed by atoms with Crippen LogP contribution in [0.5, 0.6) is 0 Å². The van der Waals surface area contributed by atoms with Crippen LogP contribution in [0.2, 0.25) is 0 Å². The van der Waals surface area contributed by atoms with Crippen molar-refractivity contribution in [3.05, 3.63) is 112 Å². The van der Waals surface area contributed by atoms with Crippen molar-refractivity contribution in [3.63, 3.8) is 0 Å². The first-order chi connectivity index (χ1) is 18.0. The van der Waals surface area contributed by atoms with E-state index in [-0.39, 0.29) is 23.6 Å². The highest BCUT2D eigenvalue weighted by Gasteiger charge is 2.18. The number of aromatic nitrogens is 3. The maximum absolute atomic E-state index is 12.8. The first-order valence-electron chi connectivity index (χ1n) is 11.5. The average molecular weight is 491 g/mol. The number of nitriles is 1. The maximum Gasteiger partial charge on any atom is 0.261 e. The van der Waals surface area contributed by atoms with Crippen molar-refractivity contribution in [2.24, 2.45) is 0 Å². The molecule has 0 fully saturated rings. The molecule has 2 aromatic heterocycles. The maximum atomic E-state index is 12.8. The highest BCUT2D eigenvalue weighted by atomic mass is 16.3. The number of aliphatic hydroxyl groups is 1. The molecule has 1 atom stereocenters. The van der Waals surface area contributed by atoms with Crippen molar-refractivity contribution >= 4 is 28.3 Å². The lowest BCUT2D eigenvalue weighted by Crippen LogP contribution is -2.17. The molecule has 9 nitrogen and oxygen atoms in total. The summed E-state index contributed by atoms with van der Waals surface area (Å²) in [6.07, 6.45) is 0.748. The Morgan fingerprint density at radius 1 is 1.03 bits per heavy atom. The van der Waals surface area contributed by atoms with Crippen LogP contribution in [0.25, 0.3) is 22.4 Å². The molecule has 0 aliphatic carbocycles. The lowest BCUT2D eigenvalue weighted by Gasteiger charge is -2.14. The molecule has 2 heterocycles. The van der Waals surface area contributed by atoms with Gasteiger partial charge >= 0.3 is 0 Å². The normalized spacial score (nSPS) is 11.6. The van der Waals surface area contributed by atoms with Crippen molar-refractivity contribution in [2.75, 3.05) is 17.2 Å². The fourth-order valence-electron chi connectivity index (χ4n) is 4.04. The second kappa shape index (κ2) is 10.2. The van der Waals surface area contributed by atoms with E-state index in [1.807, 2.05) is 36.4 Å². The Morgan fingerprint density at radius 2 is 1.84 bits per heavy atom. The summed E-state index contributed by atoms with van der Waals surface area (Å²) in [5.74, 6) is -0.0720. The Balaban J connectivity index is 1.45. The van der Waals surface area contributed by atoms with Crippen LogP contribution in [0, 0.1) is 11.3 Å². The molecule has 3 aromatic carbocycles. The number of fused-ring (bicyclic) bond motifs is 1. The number of hydrogen-bond donors (Lipinski definition) is 5. The SMILES string of the molecule is N#Cc1cccc(C(=O)Nc2cccc3nc(-c4c(NC[C@@H](O)c5ccccc5)cc[nH]c4=O)[nH]c23)c1. The Morgan fingerprint density at radius 3 is 2.65 bits per heavy atom. The lowest BCUT2D eigenvalue weighted by molar-refractivity contribution is 0.102. The highest BCUT2D eigenvalue weighted by molar-refractivity contribution is 6.08. The molecule has 0 aliphatic heterocycles. The van der Waals surface area contributed by atoms with E-state index in [4.69, 9.17) is 5.26 Å². The van der Waals surface area contributed by atoms with Crippen LogP contribution in [0.3, 0.4) is 0 Å². The van der Waals surface area contributed by atoms with Crippen LogP contribution in [0.15, 0.2) is 89.9 Å². The molecule has 0 unspecified atom stereocenters. The third-order valence-electron chi connectivity index (χ3n) is 5.89. The number of aliphatic hydroxyl groups excluding tert-OH is 1. The summed E-state index contributed by atoms with van der Waals surface area (Å²) < 4.78 is 0. The van der Waals surface area contributed by atoms with Gasteiger partial charge in [-0.25, -0.2) is 4.98 Å². The molecule has 182 valence electrons. The van der Waals surface area contributed by atoms with Crippen LogP contribution in [-0.4, -0.2) is 32.5 Å². The minimum Gasteiger partial charge on any atom is -0.387 e. The number of pyridine rings is 1. The second-order valence-corrected chi connectivity index (χ2v) is 8.33. The number of aromatic amines is 2. The molecular formula is C28H22N6O3. The topological polar surface area (TPSA) is 147 Å². The van der Waals surface area contributed by atoms with Gasteiger partial charge in [0.25, 0.3) is 11.5 Å². The summed E-state index contributed by atoms with van der Waals surface area (Å²) in [7, 11) is 0. The number of H-pyrrole nitrogens is 2. The predicted molar refractivity (Wildman–Crippen MR) is 141 cm³/mol. The van der Waals surface area contributed by atoms with Gasteiger partial charge in [-0.1, -0.05) is 42.5 Å². The molecule has 9 heteroatoms. The van der Waals surface area contributed by atoms with Gasteiger partial charge in [0.2, 0.25) is 0 Å². The zero-order chi connectivity index (χ0) is 25.8. The number of para-hydroxylation sites is 1. The van der Waals surface area contributed by atoms with Gasteiger partial charge in [0.05, 0.1) is 40.1 Å². The summed E-state index contributed by atoms with van der Waals surface area (Å²) in [4.78, 5) is 36.1. The van der Waals surface area contributed by atoms with E-state index < -0.39 is 6.10 Å². The largest absolute Gasteiger partial charge is 0.387 e. The molecule has 5 aromatic rings. The number of carbonyl (C=O) groups excluding carboxylic acids is 1. The number of nitrogens with zero attached hydrogens (tertiary/aromatic N) is 2. The van der Waals surface area contributed by atoms with Crippen molar-refractivity contribution < 1.29 is 9.90 Å². The van der Waals surface area contributed by atoms with E-state index in [1.54, 1.807) is 42.5 Å². The van der Waals surface area contributed by atoms with E-state index in [0.717, 1.165) is 5.56 Å². The zero-order valence-electron chi connectivity index (χ0n) is 19.5. The first-order valence-corrected chi connectivity index (χ1v) is 11.5. The van der Waals surface area contributed by atoms with Crippen LogP contribution in [0.4, 0.5) is 11.4 Å². The van der Waals surface area contributed by atoms with Gasteiger partial charge in [-0.3, -0.25) is 9.59 Å². The smallest absolute Gasteiger partial charge is 0.261 e. The summed E-state index contributed by atoms with van der Waals surface area (Å²) in [6.45, 7) is 0.184. The zero-order valence-corrected chi connectivity index (χ0v) is 19.5. The summed E-state index contributed by atoms with van der Waals surface area (Å²) in [6, 6.07) is 24.6. The van der Waals surface area contributed by atoms with Gasteiger partial charge in [-0.2, -0.15) is 5.26 Å². The van der Waals surface area contributed by atoms with Crippen molar-refractivity contribution in [3.8, 4) is 17.5 Å². The van der Waals surface area contributed by atoms with Gasteiger partial charge in [-0.05, 0) is 42.0 Å². The number of benzene rings is 3. The Hall–Kier alpha value is -5.20. The summed E-state index contributed by atoms with van der Waals surface area (Å²) in [5.41, 5.74) is 3.47.